The molecule has 0 spiro atoms. The first-order valence-electron chi connectivity index (χ1n) is 8.88. The van der Waals surface area contributed by atoms with Gasteiger partial charge in [0.1, 0.15) is 13.1 Å². The van der Waals surface area contributed by atoms with Crippen LogP contribution in [0.5, 0.6) is 0 Å². The van der Waals surface area contributed by atoms with E-state index >= 15 is 0 Å². The second kappa shape index (κ2) is 8.95. The summed E-state index contributed by atoms with van der Waals surface area (Å²) in [5.74, 6) is -1.77. The van der Waals surface area contributed by atoms with Crippen LogP contribution in [0, 0.1) is 10.1 Å². The second-order valence-corrected chi connectivity index (χ2v) is 7.06. The molecule has 156 valence electrons. The molecule has 2 bridgehead atoms. The van der Waals surface area contributed by atoms with Gasteiger partial charge in [-0.15, -0.1) is 0 Å². The number of nitrogens with zero attached hydrogens (tertiary/aromatic N) is 3. The van der Waals surface area contributed by atoms with Crippen molar-refractivity contribution in [3.05, 3.63) is 10.1 Å². The Hall–Kier alpha value is -2.76. The highest BCUT2D eigenvalue weighted by molar-refractivity contribution is 5.82. The molecule has 2 amide bonds. The number of ether oxygens (including phenoxy) is 2. The third-order valence-corrected chi connectivity index (χ3v) is 5.01. The van der Waals surface area contributed by atoms with E-state index in [4.69, 9.17) is 0 Å². The van der Waals surface area contributed by atoms with Crippen LogP contribution in [0.1, 0.15) is 25.7 Å². The SMILES string of the molecule is COC(=O)CCC(=O)N1C[NH+]2CN(C(=O)CCC(=O)OC)CC([N+](=O)[O-])(C1)C2. The summed E-state index contributed by atoms with van der Waals surface area (Å²) in [6.07, 6.45) is -0.361. The molecule has 12 heteroatoms. The molecule has 0 atom stereocenters. The number of fused-ring (bicyclic) bond motifs is 2. The van der Waals surface area contributed by atoms with E-state index in [1.807, 2.05) is 0 Å². The van der Waals surface area contributed by atoms with E-state index < -0.39 is 22.4 Å². The summed E-state index contributed by atoms with van der Waals surface area (Å²) in [4.78, 5) is 62.1. The molecule has 0 unspecified atom stereocenters. The topological polar surface area (TPSA) is 141 Å². The molecule has 2 aliphatic heterocycles. The molecule has 28 heavy (non-hydrogen) atoms. The molecule has 2 rings (SSSR count). The number of carbonyl (C=O) groups excluding carboxylic acids is 4. The maximum atomic E-state index is 12.4. The van der Waals surface area contributed by atoms with Crippen LogP contribution in [-0.2, 0) is 28.7 Å². The number of nitro groups is 1. The van der Waals surface area contributed by atoms with Crippen LogP contribution in [0.4, 0.5) is 0 Å². The van der Waals surface area contributed by atoms with Crippen molar-refractivity contribution in [2.45, 2.75) is 31.2 Å². The van der Waals surface area contributed by atoms with Crippen LogP contribution in [-0.4, -0.2) is 91.2 Å². The molecule has 0 aromatic carbocycles. The molecular weight excluding hydrogens is 376 g/mol. The standard InChI is InChI=1S/C16H24N4O8/c1-27-14(23)5-3-12(21)18-8-16(20(25)26)7-17(10-18)11-19(9-16)13(22)4-6-15(24)28-2/h3-11H2,1-2H3/p+1. The van der Waals surface area contributed by atoms with E-state index in [-0.39, 0.29) is 70.5 Å². The zero-order valence-electron chi connectivity index (χ0n) is 16.0. The van der Waals surface area contributed by atoms with Gasteiger partial charge in [-0.25, -0.2) is 0 Å². The van der Waals surface area contributed by atoms with E-state index in [2.05, 4.69) is 9.47 Å². The lowest BCUT2D eigenvalue weighted by molar-refractivity contribution is -0.951. The summed E-state index contributed by atoms with van der Waals surface area (Å²) in [6.45, 7) is 0.336. The molecule has 2 heterocycles. The predicted octanol–water partition coefficient (Wildman–Crippen LogP) is -2.61. The average molecular weight is 401 g/mol. The van der Waals surface area contributed by atoms with Crippen LogP contribution < -0.4 is 4.90 Å². The van der Waals surface area contributed by atoms with Crippen molar-refractivity contribution in [2.75, 3.05) is 47.2 Å². The van der Waals surface area contributed by atoms with Crippen molar-refractivity contribution in [3.8, 4) is 0 Å². The number of esters is 2. The van der Waals surface area contributed by atoms with Gasteiger partial charge in [0.2, 0.25) is 11.8 Å². The van der Waals surface area contributed by atoms with E-state index in [1.165, 1.54) is 24.0 Å². The smallest absolute Gasteiger partial charge is 0.306 e. The third-order valence-electron chi connectivity index (χ3n) is 5.01. The Morgan fingerprint density at radius 3 is 1.71 bits per heavy atom. The minimum Gasteiger partial charge on any atom is -0.469 e. The number of hydrogen-bond acceptors (Lipinski definition) is 8. The Morgan fingerprint density at radius 2 is 1.36 bits per heavy atom. The maximum Gasteiger partial charge on any atom is 0.306 e. The Bertz CT molecular complexity index is 623. The fourth-order valence-electron chi connectivity index (χ4n) is 3.62. The zero-order valence-corrected chi connectivity index (χ0v) is 16.0. The summed E-state index contributed by atoms with van der Waals surface area (Å²) >= 11 is 0. The van der Waals surface area contributed by atoms with Crippen LogP contribution in [0.2, 0.25) is 0 Å². The maximum absolute atomic E-state index is 12.4. The minimum atomic E-state index is -1.48. The number of hydrogen-bond donors (Lipinski definition) is 1. The molecule has 0 saturated carbocycles. The lowest BCUT2D eigenvalue weighted by Crippen LogP contribution is -3.21. The highest BCUT2D eigenvalue weighted by Crippen LogP contribution is 2.20. The van der Waals surface area contributed by atoms with Crippen molar-refractivity contribution >= 4 is 23.8 Å². The lowest BCUT2D eigenvalue weighted by Gasteiger charge is -2.46. The first kappa shape index (κ1) is 21.5. The summed E-state index contributed by atoms with van der Waals surface area (Å²) in [5, 5.41) is 11.8. The quantitative estimate of drug-likeness (QED) is 0.278. The fourth-order valence-corrected chi connectivity index (χ4v) is 3.62. The van der Waals surface area contributed by atoms with Crippen LogP contribution in [0.25, 0.3) is 0 Å². The highest BCUT2D eigenvalue weighted by atomic mass is 16.6. The third kappa shape index (κ3) is 4.94. The van der Waals surface area contributed by atoms with Crippen LogP contribution in [0.15, 0.2) is 0 Å². The van der Waals surface area contributed by atoms with Gasteiger partial charge < -0.3 is 9.47 Å². The fraction of sp³-hybridized carbons (Fsp3) is 0.750. The molecule has 1 N–H and O–H groups in total. The number of amides is 2. The Morgan fingerprint density at radius 1 is 0.929 bits per heavy atom. The summed E-state index contributed by atoms with van der Waals surface area (Å²) in [7, 11) is 2.45. The van der Waals surface area contributed by atoms with Crippen molar-refractivity contribution < 1.29 is 38.5 Å². The van der Waals surface area contributed by atoms with E-state index in [0.717, 1.165) is 0 Å². The predicted molar refractivity (Wildman–Crippen MR) is 91.2 cm³/mol. The van der Waals surface area contributed by atoms with Crippen LogP contribution >= 0.6 is 0 Å². The molecule has 0 aromatic rings. The monoisotopic (exact) mass is 401 g/mol. The van der Waals surface area contributed by atoms with Gasteiger partial charge in [0.25, 0.3) is 0 Å². The van der Waals surface area contributed by atoms with Gasteiger partial charge in [0.05, 0.1) is 27.1 Å². The van der Waals surface area contributed by atoms with Crippen molar-refractivity contribution in [3.63, 3.8) is 0 Å². The second-order valence-electron chi connectivity index (χ2n) is 7.06. The summed E-state index contributed by atoms with van der Waals surface area (Å²) < 4.78 is 9.02. The number of rotatable bonds is 7. The summed E-state index contributed by atoms with van der Waals surface area (Å²) in [5.41, 5.74) is -1.48. The Labute approximate surface area is 161 Å². The molecule has 2 fully saturated rings. The largest absolute Gasteiger partial charge is 0.469 e. The molecular formula is C16H25N4O8+. The molecule has 0 aromatic heterocycles. The Balaban J connectivity index is 2.05. The first-order chi connectivity index (χ1) is 13.2. The van der Waals surface area contributed by atoms with Crippen molar-refractivity contribution in [1.82, 2.24) is 9.80 Å². The summed E-state index contributed by atoms with van der Waals surface area (Å²) in [6, 6.07) is 0. The molecule has 0 radical (unpaired) electrons. The van der Waals surface area contributed by atoms with Gasteiger partial charge in [0, 0.05) is 17.8 Å². The lowest BCUT2D eigenvalue weighted by atomic mass is 9.93. The highest BCUT2D eigenvalue weighted by Gasteiger charge is 2.58. The van der Waals surface area contributed by atoms with Gasteiger partial charge in [-0.3, -0.25) is 44.0 Å². The molecule has 12 nitrogen and oxygen atoms in total. The minimum absolute atomic E-state index is 0.0878. The van der Waals surface area contributed by atoms with E-state index in [9.17, 15) is 29.3 Å². The number of carbonyl (C=O) groups is 4. The molecule has 0 aliphatic carbocycles. The molecule has 2 aliphatic rings. The van der Waals surface area contributed by atoms with Gasteiger partial charge >= 0.3 is 17.5 Å². The van der Waals surface area contributed by atoms with Gasteiger partial charge in [0.15, 0.2) is 19.9 Å². The van der Waals surface area contributed by atoms with Crippen molar-refractivity contribution in [1.29, 1.82) is 0 Å². The van der Waals surface area contributed by atoms with E-state index in [0.29, 0.717) is 4.90 Å². The van der Waals surface area contributed by atoms with Gasteiger partial charge in [-0.05, 0) is 0 Å². The Kier molecular flexibility index (Phi) is 6.89. The zero-order chi connectivity index (χ0) is 20.9. The van der Waals surface area contributed by atoms with Crippen LogP contribution in [0.3, 0.4) is 0 Å². The van der Waals surface area contributed by atoms with Gasteiger partial charge in [-0.2, -0.15) is 0 Å². The first-order valence-corrected chi connectivity index (χ1v) is 8.88. The number of quaternary nitrogens is 1. The molecule has 2 saturated heterocycles. The number of nitrogens with one attached hydrogen (secondary N) is 1. The van der Waals surface area contributed by atoms with Crippen molar-refractivity contribution in [2.24, 2.45) is 0 Å². The normalized spacial score (nSPS) is 23.7. The van der Waals surface area contributed by atoms with Gasteiger partial charge in [-0.1, -0.05) is 0 Å². The number of methoxy groups -OCH3 is 2. The van der Waals surface area contributed by atoms with E-state index in [1.54, 1.807) is 0 Å². The average Bonchev–Trinajstić information content (AvgIpc) is 2.68.